The molecule has 0 amide bonds. The third-order valence-electron chi connectivity index (χ3n) is 5.48. The van der Waals surface area contributed by atoms with Crippen molar-refractivity contribution in [3.8, 4) is 0 Å². The molecule has 5 aromatic rings. The second kappa shape index (κ2) is 6.41. The standard InChI is InChI=1S/C25H22S/c1-2-3-4-8-17-11-7-12-21-24-22-16-19-10-6-5-9-18(19)15-20(22)13-14-23(24)26-25(17)21/h5-7,9-16H,2-4,8H2,1H3. The first-order valence-electron chi connectivity index (χ1n) is 9.61. The van der Waals surface area contributed by atoms with Gasteiger partial charge in [-0.15, -0.1) is 11.3 Å². The number of aryl methyl sites for hydroxylation is 1. The van der Waals surface area contributed by atoms with Crippen molar-refractivity contribution in [1.29, 1.82) is 0 Å². The Hall–Kier alpha value is -2.38. The van der Waals surface area contributed by atoms with Gasteiger partial charge in [-0.3, -0.25) is 0 Å². The Morgan fingerprint density at radius 2 is 1.58 bits per heavy atom. The van der Waals surface area contributed by atoms with E-state index in [1.54, 1.807) is 0 Å². The van der Waals surface area contributed by atoms with Gasteiger partial charge in [-0.05, 0) is 58.1 Å². The Balaban J connectivity index is 1.81. The van der Waals surface area contributed by atoms with E-state index in [4.69, 9.17) is 0 Å². The zero-order valence-corrected chi connectivity index (χ0v) is 15.9. The summed E-state index contributed by atoms with van der Waals surface area (Å²) < 4.78 is 2.89. The van der Waals surface area contributed by atoms with E-state index in [-0.39, 0.29) is 0 Å². The maximum atomic E-state index is 2.38. The van der Waals surface area contributed by atoms with Gasteiger partial charge in [0.2, 0.25) is 0 Å². The first kappa shape index (κ1) is 15.8. The van der Waals surface area contributed by atoms with Crippen molar-refractivity contribution in [2.24, 2.45) is 0 Å². The second-order valence-corrected chi connectivity index (χ2v) is 8.26. The molecule has 26 heavy (non-hydrogen) atoms. The summed E-state index contributed by atoms with van der Waals surface area (Å²) in [5.74, 6) is 0. The second-order valence-electron chi connectivity index (χ2n) is 7.21. The highest BCUT2D eigenvalue weighted by molar-refractivity contribution is 7.26. The lowest BCUT2D eigenvalue weighted by atomic mass is 9.98. The molecule has 0 unspecified atom stereocenters. The van der Waals surface area contributed by atoms with Crippen molar-refractivity contribution < 1.29 is 0 Å². The van der Waals surface area contributed by atoms with Crippen molar-refractivity contribution in [1.82, 2.24) is 0 Å². The highest BCUT2D eigenvalue weighted by atomic mass is 32.1. The van der Waals surface area contributed by atoms with Gasteiger partial charge in [0.1, 0.15) is 0 Å². The molecule has 1 heteroatoms. The predicted molar refractivity (Wildman–Crippen MR) is 118 cm³/mol. The molecule has 4 aromatic carbocycles. The highest BCUT2D eigenvalue weighted by Gasteiger charge is 2.12. The number of thiophene rings is 1. The fraction of sp³-hybridized carbons (Fsp3) is 0.200. The van der Waals surface area contributed by atoms with Crippen molar-refractivity contribution >= 4 is 53.1 Å². The molecule has 0 nitrogen and oxygen atoms in total. The van der Waals surface area contributed by atoms with Crippen LogP contribution in [0.3, 0.4) is 0 Å². The normalized spacial score (nSPS) is 11.9. The molecule has 0 radical (unpaired) electrons. The van der Waals surface area contributed by atoms with E-state index in [1.807, 2.05) is 11.3 Å². The molecule has 0 aliphatic carbocycles. The summed E-state index contributed by atoms with van der Waals surface area (Å²) in [6.07, 6.45) is 5.07. The summed E-state index contributed by atoms with van der Waals surface area (Å²) in [6.45, 7) is 2.27. The summed E-state index contributed by atoms with van der Waals surface area (Å²) in [7, 11) is 0. The Morgan fingerprint density at radius 3 is 2.42 bits per heavy atom. The third-order valence-corrected chi connectivity index (χ3v) is 6.72. The highest BCUT2D eigenvalue weighted by Crippen LogP contribution is 2.41. The first-order valence-corrected chi connectivity index (χ1v) is 10.4. The lowest BCUT2D eigenvalue weighted by molar-refractivity contribution is 0.720. The average Bonchev–Trinajstić information content (AvgIpc) is 3.06. The number of benzene rings is 4. The minimum atomic E-state index is 1.19. The van der Waals surface area contributed by atoms with Crippen LogP contribution < -0.4 is 0 Å². The lowest BCUT2D eigenvalue weighted by Crippen LogP contribution is -1.85. The van der Waals surface area contributed by atoms with E-state index in [1.165, 1.54) is 73.0 Å². The predicted octanol–water partition coefficient (Wildman–Crippen LogP) is 8.09. The molecule has 128 valence electrons. The number of hydrogen-bond acceptors (Lipinski definition) is 1. The summed E-state index contributed by atoms with van der Waals surface area (Å²) in [6, 6.07) is 24.9. The SMILES string of the molecule is CCCCCc1cccc2c1sc1ccc3cc4ccccc4cc3c12. The van der Waals surface area contributed by atoms with E-state index in [9.17, 15) is 0 Å². The average molecular weight is 355 g/mol. The van der Waals surface area contributed by atoms with Crippen LogP contribution in [0.1, 0.15) is 31.7 Å². The van der Waals surface area contributed by atoms with Gasteiger partial charge >= 0.3 is 0 Å². The van der Waals surface area contributed by atoms with Crippen LogP contribution in [0.25, 0.3) is 41.7 Å². The number of unbranched alkanes of at least 4 members (excludes halogenated alkanes) is 2. The topological polar surface area (TPSA) is 0 Å². The summed E-state index contributed by atoms with van der Waals surface area (Å²) in [5, 5.41) is 8.24. The van der Waals surface area contributed by atoms with E-state index < -0.39 is 0 Å². The molecule has 0 aliphatic heterocycles. The largest absolute Gasteiger partial charge is 0.135 e. The van der Waals surface area contributed by atoms with Crippen LogP contribution in [0.2, 0.25) is 0 Å². The summed E-state index contributed by atoms with van der Waals surface area (Å²) >= 11 is 1.97. The van der Waals surface area contributed by atoms with Gasteiger partial charge in [0.15, 0.2) is 0 Å². The molecule has 1 aromatic heterocycles. The third kappa shape index (κ3) is 2.50. The number of rotatable bonds is 4. The quantitative estimate of drug-likeness (QED) is 0.226. The van der Waals surface area contributed by atoms with Gasteiger partial charge in [-0.25, -0.2) is 0 Å². The molecule has 0 fully saturated rings. The molecular formula is C25H22S. The van der Waals surface area contributed by atoms with Crippen LogP contribution >= 0.6 is 11.3 Å². The monoisotopic (exact) mass is 354 g/mol. The van der Waals surface area contributed by atoms with E-state index in [0.29, 0.717) is 0 Å². The zero-order valence-electron chi connectivity index (χ0n) is 15.1. The molecule has 0 spiro atoms. The Morgan fingerprint density at radius 1 is 0.731 bits per heavy atom. The first-order chi connectivity index (χ1) is 12.8. The molecule has 0 atom stereocenters. The van der Waals surface area contributed by atoms with Crippen molar-refractivity contribution in [3.05, 3.63) is 72.3 Å². The Labute approximate surface area is 158 Å². The maximum Gasteiger partial charge on any atom is 0.0387 e. The summed E-state index contributed by atoms with van der Waals surface area (Å²) in [4.78, 5) is 0. The molecule has 0 aliphatic rings. The van der Waals surface area contributed by atoms with Gasteiger partial charge in [0.05, 0.1) is 0 Å². The maximum absolute atomic E-state index is 2.38. The van der Waals surface area contributed by atoms with Crippen LogP contribution in [-0.4, -0.2) is 0 Å². The molecule has 0 saturated heterocycles. The van der Waals surface area contributed by atoms with Gasteiger partial charge in [0.25, 0.3) is 0 Å². The summed E-state index contributed by atoms with van der Waals surface area (Å²) in [5.41, 5.74) is 1.52. The van der Waals surface area contributed by atoms with Crippen LogP contribution in [0.5, 0.6) is 0 Å². The van der Waals surface area contributed by atoms with Gasteiger partial charge in [0, 0.05) is 20.2 Å². The fourth-order valence-corrected chi connectivity index (χ4v) is 5.39. The van der Waals surface area contributed by atoms with Crippen LogP contribution in [-0.2, 0) is 6.42 Å². The Kier molecular flexibility index (Phi) is 3.90. The number of fused-ring (bicyclic) bond motifs is 6. The molecular weight excluding hydrogens is 332 g/mol. The molecule has 5 rings (SSSR count). The Bertz CT molecular complexity index is 1240. The molecule has 0 saturated carbocycles. The van der Waals surface area contributed by atoms with E-state index in [0.717, 1.165) is 0 Å². The van der Waals surface area contributed by atoms with Gasteiger partial charge in [-0.2, -0.15) is 0 Å². The van der Waals surface area contributed by atoms with Crippen molar-refractivity contribution in [3.63, 3.8) is 0 Å². The van der Waals surface area contributed by atoms with E-state index >= 15 is 0 Å². The zero-order chi connectivity index (χ0) is 17.5. The van der Waals surface area contributed by atoms with Crippen molar-refractivity contribution in [2.45, 2.75) is 32.6 Å². The van der Waals surface area contributed by atoms with E-state index in [2.05, 4.69) is 73.7 Å². The minimum absolute atomic E-state index is 1.19. The van der Waals surface area contributed by atoms with Crippen molar-refractivity contribution in [2.75, 3.05) is 0 Å². The lowest BCUT2D eigenvalue weighted by Gasteiger charge is -2.05. The molecule has 0 bridgehead atoms. The van der Waals surface area contributed by atoms with Gasteiger partial charge < -0.3 is 0 Å². The number of hydrogen-bond donors (Lipinski definition) is 0. The minimum Gasteiger partial charge on any atom is -0.135 e. The van der Waals surface area contributed by atoms with Gasteiger partial charge in [-0.1, -0.05) is 68.3 Å². The molecule has 1 heterocycles. The smallest absolute Gasteiger partial charge is 0.0387 e. The fourth-order valence-electron chi connectivity index (χ4n) is 4.13. The van der Waals surface area contributed by atoms with Crippen LogP contribution in [0, 0.1) is 0 Å². The van der Waals surface area contributed by atoms with Crippen LogP contribution in [0.4, 0.5) is 0 Å². The molecule has 0 N–H and O–H groups in total. The van der Waals surface area contributed by atoms with Crippen LogP contribution in [0.15, 0.2) is 66.7 Å².